The van der Waals surface area contributed by atoms with Gasteiger partial charge in [0.1, 0.15) is 11.3 Å². The summed E-state index contributed by atoms with van der Waals surface area (Å²) in [4.78, 5) is 0.302. The van der Waals surface area contributed by atoms with Crippen LogP contribution in [0.25, 0.3) is 11.0 Å². The molecule has 0 radical (unpaired) electrons. The van der Waals surface area contributed by atoms with Crippen molar-refractivity contribution < 1.29 is 12.8 Å². The average Bonchev–Trinajstić information content (AvgIpc) is 2.99. The van der Waals surface area contributed by atoms with E-state index in [0.717, 1.165) is 22.1 Å². The molecule has 126 valence electrons. The monoisotopic (exact) mass is 343 g/mol. The third-order valence-electron chi connectivity index (χ3n) is 4.56. The Morgan fingerprint density at radius 1 is 1.00 bits per heavy atom. The average molecular weight is 343 g/mol. The lowest BCUT2D eigenvalue weighted by Crippen LogP contribution is -2.29. The molecular weight excluding hydrogens is 322 g/mol. The molecule has 2 aromatic carbocycles. The topological polar surface area (TPSA) is 50.5 Å². The van der Waals surface area contributed by atoms with Crippen LogP contribution < -0.4 is 0 Å². The Hall–Kier alpha value is -2.11. The second kappa shape index (κ2) is 6.07. The second-order valence-electron chi connectivity index (χ2n) is 6.13. The fourth-order valence-corrected chi connectivity index (χ4v) is 4.05. The van der Waals surface area contributed by atoms with E-state index in [9.17, 15) is 8.42 Å². The van der Waals surface area contributed by atoms with Gasteiger partial charge < -0.3 is 4.42 Å². The van der Waals surface area contributed by atoms with Gasteiger partial charge in [0, 0.05) is 12.4 Å². The standard InChI is InChI=1S/C19H21NO3S/c1-13-9-10-17(11-14(13)2)24(21,22)20(4)15(3)19-12-16-7-5-6-8-18(16)23-19/h5-12,15H,1-4H3/t15-/m0/s1. The number of nitrogens with zero attached hydrogens (tertiary/aromatic N) is 1. The van der Waals surface area contributed by atoms with E-state index in [1.54, 1.807) is 19.2 Å². The molecule has 1 atom stereocenters. The number of sulfonamides is 1. The Balaban J connectivity index is 1.96. The normalized spacial score (nSPS) is 13.5. The summed E-state index contributed by atoms with van der Waals surface area (Å²) >= 11 is 0. The van der Waals surface area contributed by atoms with Gasteiger partial charge in [-0.3, -0.25) is 0 Å². The third-order valence-corrected chi connectivity index (χ3v) is 6.48. The van der Waals surface area contributed by atoms with E-state index in [2.05, 4.69) is 0 Å². The second-order valence-corrected chi connectivity index (χ2v) is 8.13. The number of benzene rings is 2. The molecule has 0 aliphatic carbocycles. The SMILES string of the molecule is Cc1ccc(S(=O)(=O)N(C)[C@@H](C)c2cc3ccccc3o2)cc1C. The minimum absolute atomic E-state index is 0.302. The molecule has 0 amide bonds. The summed E-state index contributed by atoms with van der Waals surface area (Å²) in [5.74, 6) is 0.631. The van der Waals surface area contributed by atoms with Crippen molar-refractivity contribution in [2.45, 2.75) is 31.7 Å². The molecule has 1 aromatic heterocycles. The highest BCUT2D eigenvalue weighted by Crippen LogP contribution is 2.30. The summed E-state index contributed by atoms with van der Waals surface area (Å²) in [5, 5.41) is 0.969. The minimum Gasteiger partial charge on any atom is -0.459 e. The maximum absolute atomic E-state index is 12.9. The van der Waals surface area contributed by atoms with Crippen LogP contribution in [-0.2, 0) is 10.0 Å². The summed E-state index contributed by atoms with van der Waals surface area (Å²) in [6.45, 7) is 5.71. The van der Waals surface area contributed by atoms with Gasteiger partial charge in [-0.2, -0.15) is 4.31 Å². The van der Waals surface area contributed by atoms with Crippen LogP contribution in [0.5, 0.6) is 0 Å². The maximum atomic E-state index is 12.9. The molecule has 0 fully saturated rings. The highest BCUT2D eigenvalue weighted by Gasteiger charge is 2.28. The van der Waals surface area contributed by atoms with Crippen molar-refractivity contribution in [2.24, 2.45) is 0 Å². The first-order valence-corrected chi connectivity index (χ1v) is 9.28. The van der Waals surface area contributed by atoms with Gasteiger partial charge in [0.2, 0.25) is 10.0 Å². The molecule has 5 heteroatoms. The minimum atomic E-state index is -3.59. The quantitative estimate of drug-likeness (QED) is 0.704. The van der Waals surface area contributed by atoms with E-state index in [0.29, 0.717) is 10.7 Å². The van der Waals surface area contributed by atoms with Crippen molar-refractivity contribution in [1.29, 1.82) is 0 Å². The highest BCUT2D eigenvalue weighted by atomic mass is 32.2. The predicted octanol–water partition coefficient (Wildman–Crippen LogP) is 4.43. The van der Waals surface area contributed by atoms with Crippen LogP contribution in [0.4, 0.5) is 0 Å². The van der Waals surface area contributed by atoms with E-state index in [-0.39, 0.29) is 0 Å². The molecule has 1 heterocycles. The first kappa shape index (κ1) is 16.7. The summed E-state index contributed by atoms with van der Waals surface area (Å²) in [7, 11) is -2.00. The van der Waals surface area contributed by atoms with Crippen LogP contribution >= 0.6 is 0 Å². The van der Waals surface area contributed by atoms with Crippen molar-refractivity contribution in [1.82, 2.24) is 4.31 Å². The van der Waals surface area contributed by atoms with Gasteiger partial charge in [-0.15, -0.1) is 0 Å². The van der Waals surface area contributed by atoms with Crippen LogP contribution in [0.15, 0.2) is 57.8 Å². The largest absolute Gasteiger partial charge is 0.459 e. The molecule has 0 spiro atoms. The Bertz CT molecular complexity index is 956. The summed E-state index contributed by atoms with van der Waals surface area (Å²) in [6, 6.07) is 14.4. The molecule has 0 aliphatic rings. The fraction of sp³-hybridized carbons (Fsp3) is 0.263. The highest BCUT2D eigenvalue weighted by molar-refractivity contribution is 7.89. The number of para-hydroxylation sites is 1. The number of rotatable bonds is 4. The summed E-state index contributed by atoms with van der Waals surface area (Å²) in [5.41, 5.74) is 2.79. The van der Waals surface area contributed by atoms with Gasteiger partial charge in [-0.25, -0.2) is 8.42 Å². The van der Waals surface area contributed by atoms with Gasteiger partial charge in [-0.1, -0.05) is 24.3 Å². The van der Waals surface area contributed by atoms with E-state index in [4.69, 9.17) is 4.42 Å². The third kappa shape index (κ3) is 2.85. The molecule has 0 bridgehead atoms. The number of hydrogen-bond donors (Lipinski definition) is 0. The first-order valence-electron chi connectivity index (χ1n) is 7.84. The van der Waals surface area contributed by atoms with Crippen LogP contribution in [0, 0.1) is 13.8 Å². The zero-order valence-electron chi connectivity index (χ0n) is 14.3. The van der Waals surface area contributed by atoms with Gasteiger partial charge in [0.05, 0.1) is 10.9 Å². The van der Waals surface area contributed by atoms with Crippen molar-refractivity contribution in [3.8, 4) is 0 Å². The van der Waals surface area contributed by atoms with Gasteiger partial charge in [0.15, 0.2) is 0 Å². The fourth-order valence-electron chi connectivity index (χ4n) is 2.64. The number of hydrogen-bond acceptors (Lipinski definition) is 3. The molecule has 0 saturated heterocycles. The van der Waals surface area contributed by atoms with Gasteiger partial charge in [-0.05, 0) is 56.2 Å². The lowest BCUT2D eigenvalue weighted by atomic mass is 10.1. The number of furan rings is 1. The lowest BCUT2D eigenvalue weighted by Gasteiger charge is -2.23. The first-order chi connectivity index (χ1) is 11.3. The zero-order chi connectivity index (χ0) is 17.5. The van der Waals surface area contributed by atoms with E-state index < -0.39 is 16.1 Å². The van der Waals surface area contributed by atoms with Gasteiger partial charge >= 0.3 is 0 Å². The zero-order valence-corrected chi connectivity index (χ0v) is 15.1. The Labute approximate surface area is 142 Å². The van der Waals surface area contributed by atoms with Crippen LogP contribution in [0.2, 0.25) is 0 Å². The molecule has 0 saturated carbocycles. The Morgan fingerprint density at radius 2 is 1.71 bits per heavy atom. The van der Waals surface area contributed by atoms with E-state index in [1.165, 1.54) is 4.31 Å². The Morgan fingerprint density at radius 3 is 2.38 bits per heavy atom. The molecule has 4 nitrogen and oxygen atoms in total. The molecule has 3 rings (SSSR count). The van der Waals surface area contributed by atoms with E-state index in [1.807, 2.05) is 57.2 Å². The van der Waals surface area contributed by atoms with Crippen molar-refractivity contribution in [2.75, 3.05) is 7.05 Å². The smallest absolute Gasteiger partial charge is 0.243 e. The molecular formula is C19H21NO3S. The van der Waals surface area contributed by atoms with Crippen molar-refractivity contribution in [3.63, 3.8) is 0 Å². The molecule has 0 aliphatic heterocycles. The molecule has 0 N–H and O–H groups in total. The predicted molar refractivity (Wildman–Crippen MR) is 95.5 cm³/mol. The Kier molecular flexibility index (Phi) is 4.24. The molecule has 3 aromatic rings. The van der Waals surface area contributed by atoms with Crippen LogP contribution in [0.3, 0.4) is 0 Å². The lowest BCUT2D eigenvalue weighted by molar-refractivity contribution is 0.348. The van der Waals surface area contributed by atoms with Crippen LogP contribution in [0.1, 0.15) is 29.9 Å². The number of aryl methyl sites for hydroxylation is 2. The molecule has 24 heavy (non-hydrogen) atoms. The van der Waals surface area contributed by atoms with E-state index >= 15 is 0 Å². The summed E-state index contributed by atoms with van der Waals surface area (Å²) in [6.07, 6.45) is 0. The molecule has 0 unspecified atom stereocenters. The maximum Gasteiger partial charge on any atom is 0.243 e. The van der Waals surface area contributed by atoms with Crippen LogP contribution in [-0.4, -0.2) is 19.8 Å². The number of fused-ring (bicyclic) bond motifs is 1. The van der Waals surface area contributed by atoms with Crippen molar-refractivity contribution in [3.05, 3.63) is 65.4 Å². The summed E-state index contributed by atoms with van der Waals surface area (Å²) < 4.78 is 33.0. The van der Waals surface area contributed by atoms with Gasteiger partial charge in [0.25, 0.3) is 0 Å². The van der Waals surface area contributed by atoms with Crippen molar-refractivity contribution >= 4 is 21.0 Å².